The summed E-state index contributed by atoms with van der Waals surface area (Å²) >= 11 is 0. The van der Waals surface area contributed by atoms with E-state index in [9.17, 15) is 25.3 Å². The summed E-state index contributed by atoms with van der Waals surface area (Å²) in [6.07, 6.45) is 17.2. The van der Waals surface area contributed by atoms with Crippen LogP contribution in [0.25, 0.3) is 0 Å². The standard InChI is InChI=1S/C24H40N2O8S3/c27-35(28,23-15-7-3-1-5-9-17-25-19-11-12-20-25)33-37(31,32)34-36(29,30)24-16-8-4-2-6-10-18-26-21-13-14-22-26/h11-14,19-22H,1-10,15-18,23-24H2. The Balaban J connectivity index is 1.53. The van der Waals surface area contributed by atoms with Crippen molar-refractivity contribution in [2.75, 3.05) is 11.5 Å². The smallest absolute Gasteiger partial charge is 0.354 e. The molecule has 37 heavy (non-hydrogen) atoms. The molecular formula is C24H40N2O8S3. The second-order valence-electron chi connectivity index (χ2n) is 9.15. The zero-order chi connectivity index (χ0) is 27.0. The molecule has 0 spiro atoms. The SMILES string of the molecule is O=S(=O)(CCCCCCCCn1cccc1)OS(=O)(=O)OS(=O)(=O)CCCCCCCCn1cccc1. The van der Waals surface area contributed by atoms with E-state index in [1.54, 1.807) is 0 Å². The molecule has 0 amide bonds. The van der Waals surface area contributed by atoms with Crippen molar-refractivity contribution >= 4 is 30.6 Å². The molecule has 13 heteroatoms. The van der Waals surface area contributed by atoms with Gasteiger partial charge < -0.3 is 9.13 Å². The summed E-state index contributed by atoms with van der Waals surface area (Å²) in [7, 11) is -14.2. The third kappa shape index (κ3) is 15.4. The van der Waals surface area contributed by atoms with E-state index in [1.165, 1.54) is 0 Å². The van der Waals surface area contributed by atoms with E-state index in [4.69, 9.17) is 0 Å². The number of hydrogen-bond donors (Lipinski definition) is 0. The highest BCUT2D eigenvalue weighted by Crippen LogP contribution is 2.14. The van der Waals surface area contributed by atoms with Gasteiger partial charge in [-0.3, -0.25) is 0 Å². The molecule has 0 radical (unpaired) electrons. The van der Waals surface area contributed by atoms with Crippen LogP contribution < -0.4 is 0 Å². The Morgan fingerprint density at radius 3 is 1.08 bits per heavy atom. The molecule has 0 bridgehead atoms. The summed E-state index contributed by atoms with van der Waals surface area (Å²) in [5, 5.41) is 0. The Hall–Kier alpha value is -1.67. The number of unbranched alkanes of at least 4 members (excludes halogenated alkanes) is 10. The van der Waals surface area contributed by atoms with E-state index < -0.39 is 42.1 Å². The van der Waals surface area contributed by atoms with Crippen LogP contribution in [0.1, 0.15) is 77.0 Å². The van der Waals surface area contributed by atoms with Crippen LogP contribution >= 0.6 is 0 Å². The molecule has 0 aliphatic rings. The van der Waals surface area contributed by atoms with Crippen LogP contribution in [0.5, 0.6) is 0 Å². The summed E-state index contributed by atoms with van der Waals surface area (Å²) in [4.78, 5) is 0. The van der Waals surface area contributed by atoms with Crippen LogP contribution in [0.4, 0.5) is 0 Å². The predicted octanol–water partition coefficient (Wildman–Crippen LogP) is 4.61. The summed E-state index contributed by atoms with van der Waals surface area (Å²) in [5.74, 6) is -1.05. The number of nitrogens with zero attached hydrogens (tertiary/aromatic N) is 2. The largest absolute Gasteiger partial charge is 0.429 e. The van der Waals surface area contributed by atoms with Gasteiger partial charge in [-0.25, -0.2) is 0 Å². The van der Waals surface area contributed by atoms with Gasteiger partial charge in [-0.2, -0.15) is 25.3 Å². The van der Waals surface area contributed by atoms with Crippen LogP contribution in [0, 0.1) is 0 Å². The van der Waals surface area contributed by atoms with E-state index in [-0.39, 0.29) is 12.8 Å². The van der Waals surface area contributed by atoms with Gasteiger partial charge in [-0.15, -0.1) is 7.26 Å². The third-order valence-electron chi connectivity index (χ3n) is 5.83. The van der Waals surface area contributed by atoms with Crippen molar-refractivity contribution in [3.63, 3.8) is 0 Å². The molecule has 0 saturated carbocycles. The summed E-state index contributed by atoms with van der Waals surface area (Å²) in [6, 6.07) is 7.89. The Bertz CT molecular complexity index is 1090. The fourth-order valence-corrected chi connectivity index (χ4v) is 7.92. The van der Waals surface area contributed by atoms with Gasteiger partial charge in [0.25, 0.3) is 20.2 Å². The minimum Gasteiger partial charge on any atom is -0.354 e. The van der Waals surface area contributed by atoms with Gasteiger partial charge in [0.15, 0.2) is 0 Å². The minimum absolute atomic E-state index is 0.216. The van der Waals surface area contributed by atoms with Crippen molar-refractivity contribution < 1.29 is 32.5 Å². The molecule has 10 nitrogen and oxygen atoms in total. The van der Waals surface area contributed by atoms with Crippen molar-refractivity contribution in [2.45, 2.75) is 90.1 Å². The topological polar surface area (TPSA) is 131 Å². The number of aromatic nitrogens is 2. The third-order valence-corrected chi connectivity index (χ3v) is 10.4. The van der Waals surface area contributed by atoms with E-state index in [0.29, 0.717) is 12.8 Å². The van der Waals surface area contributed by atoms with Gasteiger partial charge >= 0.3 is 10.4 Å². The average molecular weight is 581 g/mol. The van der Waals surface area contributed by atoms with Crippen molar-refractivity contribution in [1.29, 1.82) is 0 Å². The average Bonchev–Trinajstić information content (AvgIpc) is 3.50. The highest BCUT2D eigenvalue weighted by atomic mass is 32.3. The fraction of sp³-hybridized carbons (Fsp3) is 0.667. The zero-order valence-electron chi connectivity index (χ0n) is 21.3. The van der Waals surface area contributed by atoms with Crippen LogP contribution in [-0.4, -0.2) is 45.9 Å². The first-order valence-electron chi connectivity index (χ1n) is 12.9. The maximum absolute atomic E-state index is 12.0. The molecular weight excluding hydrogens is 540 g/mol. The second kappa shape index (κ2) is 16.3. The van der Waals surface area contributed by atoms with Crippen molar-refractivity contribution in [3.8, 4) is 0 Å². The highest BCUT2D eigenvalue weighted by Gasteiger charge is 2.29. The summed E-state index contributed by atoms with van der Waals surface area (Å²) < 4.78 is 84.0. The molecule has 2 aromatic rings. The maximum Gasteiger partial charge on any atom is 0.429 e. The number of hydrogen-bond acceptors (Lipinski definition) is 8. The molecule has 2 rings (SSSR count). The quantitative estimate of drug-likeness (QED) is 0.185. The lowest BCUT2D eigenvalue weighted by atomic mass is 10.1. The molecule has 2 aromatic heterocycles. The highest BCUT2D eigenvalue weighted by molar-refractivity contribution is 8.03. The molecule has 2 heterocycles. The number of aryl methyl sites for hydroxylation is 2. The lowest BCUT2D eigenvalue weighted by Crippen LogP contribution is -2.23. The first-order valence-corrected chi connectivity index (χ1v) is 17.4. The van der Waals surface area contributed by atoms with E-state index >= 15 is 0 Å². The maximum atomic E-state index is 12.0. The fourth-order valence-electron chi connectivity index (χ4n) is 3.93. The molecule has 0 N–H and O–H groups in total. The molecule has 0 aliphatic heterocycles. The van der Waals surface area contributed by atoms with Crippen LogP contribution in [0.2, 0.25) is 0 Å². The first kappa shape index (κ1) is 31.5. The van der Waals surface area contributed by atoms with Crippen molar-refractivity contribution in [2.24, 2.45) is 0 Å². The Kier molecular flexibility index (Phi) is 13.9. The van der Waals surface area contributed by atoms with E-state index in [0.717, 1.165) is 64.5 Å². The monoisotopic (exact) mass is 580 g/mol. The van der Waals surface area contributed by atoms with E-state index in [1.807, 2.05) is 49.1 Å². The van der Waals surface area contributed by atoms with Gasteiger partial charge in [0.05, 0.1) is 11.5 Å². The Morgan fingerprint density at radius 2 is 0.730 bits per heavy atom. The van der Waals surface area contributed by atoms with Crippen LogP contribution in [-0.2, 0) is 51.0 Å². The first-order chi connectivity index (χ1) is 17.6. The molecule has 0 saturated heterocycles. The van der Waals surface area contributed by atoms with Gasteiger partial charge in [0.1, 0.15) is 0 Å². The second-order valence-corrected chi connectivity index (χ2v) is 14.1. The number of rotatable bonds is 22. The normalized spacial score (nSPS) is 12.8. The Morgan fingerprint density at radius 1 is 0.432 bits per heavy atom. The molecule has 0 atom stereocenters. The summed E-state index contributed by atoms with van der Waals surface area (Å²) in [6.45, 7) is 1.87. The molecule has 0 aliphatic carbocycles. The molecule has 212 valence electrons. The van der Waals surface area contributed by atoms with Gasteiger partial charge in [0.2, 0.25) is 0 Å². The lowest BCUT2D eigenvalue weighted by Gasteiger charge is -2.07. The van der Waals surface area contributed by atoms with Crippen LogP contribution in [0.15, 0.2) is 49.1 Å². The lowest BCUT2D eigenvalue weighted by molar-refractivity contribution is 0.384. The summed E-state index contributed by atoms with van der Waals surface area (Å²) in [5.41, 5.74) is 0. The van der Waals surface area contributed by atoms with Crippen molar-refractivity contribution in [1.82, 2.24) is 9.13 Å². The van der Waals surface area contributed by atoms with Gasteiger partial charge in [-0.1, -0.05) is 51.4 Å². The minimum atomic E-state index is -5.23. The van der Waals surface area contributed by atoms with Gasteiger partial charge in [0, 0.05) is 37.9 Å². The predicted molar refractivity (Wildman–Crippen MR) is 143 cm³/mol. The molecule has 0 aromatic carbocycles. The van der Waals surface area contributed by atoms with Crippen LogP contribution in [0.3, 0.4) is 0 Å². The van der Waals surface area contributed by atoms with Crippen molar-refractivity contribution in [3.05, 3.63) is 49.1 Å². The zero-order valence-corrected chi connectivity index (χ0v) is 23.8. The van der Waals surface area contributed by atoms with Gasteiger partial charge in [-0.05, 0) is 49.9 Å². The van der Waals surface area contributed by atoms with E-state index in [2.05, 4.69) is 16.4 Å². The molecule has 0 fully saturated rings. The molecule has 0 unspecified atom stereocenters. The Labute approximate surface area is 222 Å².